The van der Waals surface area contributed by atoms with Gasteiger partial charge in [0.05, 0.1) is 5.69 Å². The van der Waals surface area contributed by atoms with E-state index in [4.69, 9.17) is 23.7 Å². The van der Waals surface area contributed by atoms with Crippen LogP contribution < -0.4 is 5.56 Å². The van der Waals surface area contributed by atoms with Crippen LogP contribution in [-0.2, 0) is 42.9 Å². The van der Waals surface area contributed by atoms with Crippen molar-refractivity contribution in [2.24, 2.45) is 0 Å². The normalized spacial score (nSPS) is 20.8. The smallest absolute Gasteiger partial charge is 0.303 e. The summed E-state index contributed by atoms with van der Waals surface area (Å²) in [5.74, 6) is -3.11. The first-order valence-corrected chi connectivity index (χ1v) is 14.0. The maximum atomic E-state index is 14.4. The number of nitrogens with zero attached hydrogens (tertiary/aromatic N) is 2. The van der Waals surface area contributed by atoms with E-state index >= 15 is 0 Å². The van der Waals surface area contributed by atoms with Crippen LogP contribution in [0, 0.1) is 18.3 Å². The summed E-state index contributed by atoms with van der Waals surface area (Å²) >= 11 is 0. The number of aryl methyl sites for hydroxylation is 1. The fourth-order valence-electron chi connectivity index (χ4n) is 5.19. The highest BCUT2D eigenvalue weighted by Gasteiger charge is 2.53. The highest BCUT2D eigenvalue weighted by molar-refractivity contribution is 5.76. The summed E-state index contributed by atoms with van der Waals surface area (Å²) in [6.07, 6.45) is -7.32. The Morgan fingerprint density at radius 2 is 1.38 bits per heavy atom. The number of aromatic nitrogens is 1. The molecule has 0 bridgehead atoms. The molecule has 0 aliphatic carbocycles. The first-order chi connectivity index (χ1) is 21.4. The molecule has 0 spiro atoms. The summed E-state index contributed by atoms with van der Waals surface area (Å²) < 4.78 is 29.3. The molecule has 234 valence electrons. The highest BCUT2D eigenvalue weighted by Crippen LogP contribution is 2.38. The Kier molecular flexibility index (Phi) is 10.2. The van der Waals surface area contributed by atoms with Gasteiger partial charge in [0.1, 0.15) is 24.3 Å². The van der Waals surface area contributed by atoms with Crippen LogP contribution in [0.25, 0.3) is 22.4 Å². The fraction of sp³-hybridized carbons (Fsp3) is 0.333. The second-order valence-corrected chi connectivity index (χ2v) is 10.4. The van der Waals surface area contributed by atoms with Gasteiger partial charge in [0, 0.05) is 33.3 Å². The van der Waals surface area contributed by atoms with Gasteiger partial charge in [0.15, 0.2) is 24.5 Å². The van der Waals surface area contributed by atoms with E-state index in [1.807, 2.05) is 25.1 Å². The first kappa shape index (κ1) is 32.6. The molecule has 12 nitrogen and oxygen atoms in total. The summed E-state index contributed by atoms with van der Waals surface area (Å²) in [5, 5.41) is 10.2. The molecule has 45 heavy (non-hydrogen) atoms. The van der Waals surface area contributed by atoms with E-state index in [9.17, 15) is 29.2 Å². The predicted octanol–water partition coefficient (Wildman–Crippen LogP) is 3.62. The average Bonchev–Trinajstić information content (AvgIpc) is 2.98. The standard InChI is InChI=1S/C33H32N2O10/c1-18-11-13-24(14-12-18)27-15-25(23-9-7-6-8-10-23)26(16-34)32(40)35(27)33-31(44-22(5)39)30(43-21(4)38)29(42-20(3)37)28(45-33)17-41-19(2)36/h6-15,28-31,33H,17H2,1-5H3/t28-,29+,30+,31+,33-/m0/s1. The van der Waals surface area contributed by atoms with Crippen LogP contribution >= 0.6 is 0 Å². The molecule has 1 aliphatic rings. The number of carbonyl (C=O) groups excluding carboxylic acids is 4. The van der Waals surface area contributed by atoms with Crippen molar-refractivity contribution in [3.63, 3.8) is 0 Å². The van der Waals surface area contributed by atoms with Crippen LogP contribution in [0.5, 0.6) is 0 Å². The molecule has 2 heterocycles. The molecule has 1 aromatic heterocycles. The average molecular weight is 617 g/mol. The van der Waals surface area contributed by atoms with Crippen LogP contribution in [-0.4, -0.2) is 59.5 Å². The number of hydrogen-bond donors (Lipinski definition) is 0. The second kappa shape index (κ2) is 14.0. The van der Waals surface area contributed by atoms with E-state index in [0.29, 0.717) is 16.7 Å². The van der Waals surface area contributed by atoms with Crippen LogP contribution in [0.4, 0.5) is 0 Å². The van der Waals surface area contributed by atoms with Crippen molar-refractivity contribution >= 4 is 23.9 Å². The molecule has 5 atom stereocenters. The topological polar surface area (TPSA) is 160 Å². The van der Waals surface area contributed by atoms with Crippen LogP contribution in [0.15, 0.2) is 65.5 Å². The van der Waals surface area contributed by atoms with Gasteiger partial charge in [0.2, 0.25) is 0 Å². The Hall–Kier alpha value is -5.28. The van der Waals surface area contributed by atoms with Gasteiger partial charge in [-0.05, 0) is 24.1 Å². The summed E-state index contributed by atoms with van der Waals surface area (Å²) in [5.41, 5.74) is 1.69. The van der Waals surface area contributed by atoms with Crippen LogP contribution in [0.2, 0.25) is 0 Å². The lowest BCUT2D eigenvalue weighted by Gasteiger charge is -2.45. The van der Waals surface area contributed by atoms with Crippen molar-refractivity contribution in [1.82, 2.24) is 4.57 Å². The third-order valence-electron chi connectivity index (χ3n) is 7.01. The van der Waals surface area contributed by atoms with E-state index < -0.39 is 66.7 Å². The molecule has 1 aliphatic heterocycles. The quantitative estimate of drug-likeness (QED) is 0.269. The van der Waals surface area contributed by atoms with Crippen molar-refractivity contribution in [2.75, 3.05) is 6.61 Å². The van der Waals surface area contributed by atoms with Gasteiger partial charge >= 0.3 is 23.9 Å². The number of hydrogen-bond acceptors (Lipinski definition) is 11. The molecule has 0 amide bonds. The van der Waals surface area contributed by atoms with E-state index in [1.54, 1.807) is 48.5 Å². The number of esters is 4. The number of pyridine rings is 1. The minimum atomic E-state index is -1.56. The molecule has 0 saturated carbocycles. The molecule has 3 aromatic rings. The Bertz CT molecular complexity index is 1690. The van der Waals surface area contributed by atoms with Gasteiger partial charge in [0.25, 0.3) is 5.56 Å². The zero-order valence-electron chi connectivity index (χ0n) is 25.3. The van der Waals surface area contributed by atoms with E-state index in [0.717, 1.165) is 37.8 Å². The van der Waals surface area contributed by atoms with Crippen LogP contribution in [0.1, 0.15) is 45.0 Å². The zero-order valence-corrected chi connectivity index (χ0v) is 25.3. The molecular formula is C33H32N2O10. The molecule has 0 unspecified atom stereocenters. The Morgan fingerprint density at radius 1 is 0.800 bits per heavy atom. The van der Waals surface area contributed by atoms with E-state index in [2.05, 4.69) is 0 Å². The molecule has 4 rings (SSSR count). The van der Waals surface area contributed by atoms with E-state index in [-0.39, 0.29) is 11.3 Å². The number of carbonyl (C=O) groups is 4. The zero-order chi connectivity index (χ0) is 32.8. The third-order valence-corrected chi connectivity index (χ3v) is 7.01. The van der Waals surface area contributed by atoms with Crippen molar-refractivity contribution in [3.05, 3.63) is 82.1 Å². The van der Waals surface area contributed by atoms with Gasteiger partial charge in [-0.3, -0.25) is 28.5 Å². The van der Waals surface area contributed by atoms with Crippen molar-refractivity contribution in [2.45, 2.75) is 65.3 Å². The molecule has 1 fully saturated rings. The maximum Gasteiger partial charge on any atom is 0.303 e. The van der Waals surface area contributed by atoms with Gasteiger partial charge in [-0.2, -0.15) is 5.26 Å². The Labute approximate surface area is 259 Å². The van der Waals surface area contributed by atoms with Crippen molar-refractivity contribution in [1.29, 1.82) is 5.26 Å². The molecule has 1 saturated heterocycles. The minimum absolute atomic E-state index is 0.232. The van der Waals surface area contributed by atoms with Gasteiger partial charge in [-0.25, -0.2) is 0 Å². The summed E-state index contributed by atoms with van der Waals surface area (Å²) in [4.78, 5) is 63.1. The number of nitriles is 1. The first-order valence-electron chi connectivity index (χ1n) is 14.0. The van der Waals surface area contributed by atoms with Gasteiger partial charge in [-0.1, -0.05) is 60.2 Å². The molecule has 0 N–H and O–H groups in total. The molecular weight excluding hydrogens is 584 g/mol. The Morgan fingerprint density at radius 3 is 1.93 bits per heavy atom. The number of rotatable bonds is 8. The molecule has 0 radical (unpaired) electrons. The fourth-order valence-corrected chi connectivity index (χ4v) is 5.19. The SMILES string of the molecule is CC(=O)OC[C@@H]1O[C@H](n2c(-c3ccc(C)cc3)cc(-c3ccccc3)c(C#N)c2=O)[C@H](OC(C)=O)[C@H](OC(C)=O)[C@@H]1OC(C)=O. The third kappa shape index (κ3) is 7.45. The monoisotopic (exact) mass is 616 g/mol. The van der Waals surface area contributed by atoms with Crippen LogP contribution in [0.3, 0.4) is 0 Å². The summed E-state index contributed by atoms with van der Waals surface area (Å²) in [6.45, 7) is 5.90. The number of ether oxygens (including phenoxy) is 5. The Balaban J connectivity index is 2.05. The van der Waals surface area contributed by atoms with Gasteiger partial charge < -0.3 is 23.7 Å². The largest absolute Gasteiger partial charge is 0.463 e. The summed E-state index contributed by atoms with van der Waals surface area (Å²) in [6, 6.07) is 19.7. The van der Waals surface area contributed by atoms with E-state index in [1.165, 1.54) is 0 Å². The van der Waals surface area contributed by atoms with Crippen molar-refractivity contribution < 1.29 is 42.9 Å². The lowest BCUT2D eigenvalue weighted by Crippen LogP contribution is -2.61. The number of benzene rings is 2. The minimum Gasteiger partial charge on any atom is -0.463 e. The molecule has 2 aromatic carbocycles. The lowest BCUT2D eigenvalue weighted by atomic mass is 9.94. The maximum absolute atomic E-state index is 14.4. The molecule has 12 heteroatoms. The lowest BCUT2D eigenvalue weighted by molar-refractivity contribution is -0.268. The van der Waals surface area contributed by atoms with Gasteiger partial charge in [-0.15, -0.1) is 0 Å². The predicted molar refractivity (Wildman–Crippen MR) is 158 cm³/mol. The highest BCUT2D eigenvalue weighted by atomic mass is 16.7. The van der Waals surface area contributed by atoms with Crippen molar-refractivity contribution in [3.8, 4) is 28.5 Å². The second-order valence-electron chi connectivity index (χ2n) is 10.4. The summed E-state index contributed by atoms with van der Waals surface area (Å²) in [7, 11) is 0.